The van der Waals surface area contributed by atoms with E-state index < -0.39 is 0 Å². The van der Waals surface area contributed by atoms with Crippen molar-refractivity contribution in [2.24, 2.45) is 0 Å². The van der Waals surface area contributed by atoms with E-state index in [9.17, 15) is 4.79 Å². The van der Waals surface area contributed by atoms with E-state index in [-0.39, 0.29) is 11.0 Å². The minimum absolute atomic E-state index is 0.0861. The maximum atomic E-state index is 10.9. The van der Waals surface area contributed by atoms with Crippen LogP contribution >= 0.6 is 11.8 Å². The normalized spacial score (nSPS) is 11.8. The quantitative estimate of drug-likeness (QED) is 0.554. The van der Waals surface area contributed by atoms with Crippen LogP contribution in [0.4, 0.5) is 0 Å². The highest BCUT2D eigenvalue weighted by Gasteiger charge is 2.10. The first-order chi connectivity index (χ1) is 6.63. The molecule has 0 saturated carbocycles. The van der Waals surface area contributed by atoms with Gasteiger partial charge in [0.15, 0.2) is 5.16 Å². The molecule has 1 heterocycles. The van der Waals surface area contributed by atoms with Crippen LogP contribution in [0.3, 0.4) is 0 Å². The fourth-order valence-corrected chi connectivity index (χ4v) is 1.39. The Kier molecular flexibility index (Phi) is 3.60. The lowest BCUT2D eigenvalue weighted by molar-refractivity contribution is -0.116. The molecule has 0 unspecified atom stereocenters. The summed E-state index contributed by atoms with van der Waals surface area (Å²) in [5, 5.41) is 8.88. The molecular weight excluding hydrogens is 198 g/mol. The number of nitriles is 1. The summed E-state index contributed by atoms with van der Waals surface area (Å²) in [6, 6.07) is 1.93. The van der Waals surface area contributed by atoms with Crippen LogP contribution in [0.25, 0.3) is 0 Å². The SMILES string of the molecule is CC(=O)[C@H](C)Sc1ncc(C#N)cn1. The number of carbonyl (C=O) groups is 1. The molecule has 4 nitrogen and oxygen atoms in total. The molecule has 0 aliphatic carbocycles. The smallest absolute Gasteiger partial charge is 0.188 e. The summed E-state index contributed by atoms with van der Waals surface area (Å²) in [7, 11) is 0. The van der Waals surface area contributed by atoms with Crippen LogP contribution in [0.5, 0.6) is 0 Å². The van der Waals surface area contributed by atoms with Crippen LogP contribution in [-0.4, -0.2) is 21.0 Å². The number of carbonyl (C=O) groups excluding carboxylic acids is 1. The number of hydrogen-bond donors (Lipinski definition) is 0. The minimum Gasteiger partial charge on any atom is -0.299 e. The summed E-state index contributed by atoms with van der Waals surface area (Å²) in [6.07, 6.45) is 2.89. The summed E-state index contributed by atoms with van der Waals surface area (Å²) in [6.45, 7) is 3.33. The molecule has 5 heteroatoms. The summed E-state index contributed by atoms with van der Waals surface area (Å²) >= 11 is 1.29. The van der Waals surface area contributed by atoms with E-state index in [4.69, 9.17) is 5.26 Å². The van der Waals surface area contributed by atoms with Crippen molar-refractivity contribution < 1.29 is 4.79 Å². The van der Waals surface area contributed by atoms with Gasteiger partial charge in [0.1, 0.15) is 11.9 Å². The van der Waals surface area contributed by atoms with Crippen LogP contribution in [0.15, 0.2) is 17.6 Å². The van der Waals surface area contributed by atoms with Gasteiger partial charge in [-0.15, -0.1) is 0 Å². The average molecular weight is 207 g/mol. The van der Waals surface area contributed by atoms with Gasteiger partial charge in [0.05, 0.1) is 10.8 Å². The Morgan fingerprint density at radius 3 is 2.57 bits per heavy atom. The van der Waals surface area contributed by atoms with Crippen molar-refractivity contribution >= 4 is 17.5 Å². The number of aromatic nitrogens is 2. The van der Waals surface area contributed by atoms with Gasteiger partial charge in [-0.25, -0.2) is 9.97 Å². The second-order valence-corrected chi connectivity index (χ2v) is 4.04. The predicted molar refractivity (Wildman–Crippen MR) is 52.7 cm³/mol. The molecule has 14 heavy (non-hydrogen) atoms. The second kappa shape index (κ2) is 4.72. The number of thioether (sulfide) groups is 1. The van der Waals surface area contributed by atoms with Crippen molar-refractivity contribution in [1.29, 1.82) is 5.26 Å². The Bertz CT molecular complexity index is 369. The molecule has 1 aromatic rings. The molecule has 0 N–H and O–H groups in total. The lowest BCUT2D eigenvalue weighted by Gasteiger charge is -2.04. The van der Waals surface area contributed by atoms with Crippen molar-refractivity contribution in [2.75, 3.05) is 0 Å². The first kappa shape index (κ1) is 10.7. The van der Waals surface area contributed by atoms with Gasteiger partial charge in [-0.3, -0.25) is 4.79 Å². The molecule has 0 bridgehead atoms. The third kappa shape index (κ3) is 2.82. The Labute approximate surface area is 86.4 Å². The van der Waals surface area contributed by atoms with E-state index in [0.29, 0.717) is 10.7 Å². The molecule has 0 saturated heterocycles. The highest BCUT2D eigenvalue weighted by Crippen LogP contribution is 2.18. The first-order valence-electron chi connectivity index (χ1n) is 4.02. The zero-order valence-electron chi connectivity index (χ0n) is 7.89. The first-order valence-corrected chi connectivity index (χ1v) is 4.90. The van der Waals surface area contributed by atoms with Gasteiger partial charge < -0.3 is 0 Å². The Morgan fingerprint density at radius 1 is 1.57 bits per heavy atom. The molecule has 1 atom stereocenters. The Morgan fingerprint density at radius 2 is 2.14 bits per heavy atom. The number of nitrogens with zero attached hydrogens (tertiary/aromatic N) is 3. The van der Waals surface area contributed by atoms with Crippen molar-refractivity contribution in [3.05, 3.63) is 18.0 Å². The Balaban J connectivity index is 2.70. The lowest BCUT2D eigenvalue weighted by atomic mass is 10.3. The van der Waals surface area contributed by atoms with Gasteiger partial charge in [0, 0.05) is 12.4 Å². The maximum Gasteiger partial charge on any atom is 0.188 e. The summed E-state index contributed by atoms with van der Waals surface area (Å²) < 4.78 is 0. The molecule has 0 aliphatic rings. The van der Waals surface area contributed by atoms with Gasteiger partial charge in [-0.05, 0) is 13.8 Å². The largest absolute Gasteiger partial charge is 0.299 e. The van der Waals surface area contributed by atoms with Gasteiger partial charge in [-0.2, -0.15) is 5.26 Å². The van der Waals surface area contributed by atoms with Gasteiger partial charge in [0.2, 0.25) is 0 Å². The molecule has 0 spiro atoms. The number of ketones is 1. The van der Waals surface area contributed by atoms with Crippen molar-refractivity contribution in [3.8, 4) is 6.07 Å². The fraction of sp³-hybridized carbons (Fsp3) is 0.333. The molecule has 1 rings (SSSR count). The topological polar surface area (TPSA) is 66.6 Å². The lowest BCUT2D eigenvalue weighted by Crippen LogP contribution is -2.08. The van der Waals surface area contributed by atoms with E-state index in [1.807, 2.05) is 6.07 Å². The summed E-state index contributed by atoms with van der Waals surface area (Å²) in [5.41, 5.74) is 0.421. The van der Waals surface area contributed by atoms with Crippen LogP contribution in [0.2, 0.25) is 0 Å². The minimum atomic E-state index is -0.150. The van der Waals surface area contributed by atoms with E-state index >= 15 is 0 Å². The maximum absolute atomic E-state index is 10.9. The van der Waals surface area contributed by atoms with Crippen LogP contribution in [0.1, 0.15) is 19.4 Å². The molecular formula is C9H9N3OS. The average Bonchev–Trinajstić information content (AvgIpc) is 2.19. The highest BCUT2D eigenvalue weighted by atomic mass is 32.2. The standard InChI is InChI=1S/C9H9N3OS/c1-6(13)7(2)14-9-11-4-8(3-10)5-12-9/h4-5,7H,1-2H3/t7-/m0/s1. The molecule has 0 amide bonds. The molecule has 0 aromatic carbocycles. The van der Waals surface area contributed by atoms with E-state index in [0.717, 1.165) is 0 Å². The molecule has 72 valence electrons. The monoisotopic (exact) mass is 207 g/mol. The van der Waals surface area contributed by atoms with Crippen molar-refractivity contribution in [2.45, 2.75) is 24.3 Å². The van der Waals surface area contributed by atoms with E-state index in [2.05, 4.69) is 9.97 Å². The van der Waals surface area contributed by atoms with Crippen LogP contribution in [0, 0.1) is 11.3 Å². The van der Waals surface area contributed by atoms with Crippen molar-refractivity contribution in [1.82, 2.24) is 9.97 Å². The van der Waals surface area contributed by atoms with Crippen LogP contribution < -0.4 is 0 Å². The van der Waals surface area contributed by atoms with Crippen molar-refractivity contribution in [3.63, 3.8) is 0 Å². The zero-order valence-corrected chi connectivity index (χ0v) is 8.71. The van der Waals surface area contributed by atoms with E-state index in [1.54, 1.807) is 6.92 Å². The van der Waals surface area contributed by atoms with Gasteiger partial charge >= 0.3 is 0 Å². The van der Waals surface area contributed by atoms with Gasteiger partial charge in [-0.1, -0.05) is 11.8 Å². The zero-order chi connectivity index (χ0) is 10.6. The summed E-state index contributed by atoms with van der Waals surface area (Å²) in [4.78, 5) is 18.8. The molecule has 0 aliphatic heterocycles. The second-order valence-electron chi connectivity index (χ2n) is 2.74. The molecule has 1 aromatic heterocycles. The number of rotatable bonds is 3. The third-order valence-corrected chi connectivity index (χ3v) is 2.72. The van der Waals surface area contributed by atoms with Gasteiger partial charge in [0.25, 0.3) is 0 Å². The number of Topliss-reactive ketones (excluding diaryl/α,β-unsaturated/α-hetero) is 1. The third-order valence-electron chi connectivity index (χ3n) is 1.61. The molecule has 0 fully saturated rings. The summed E-state index contributed by atoms with van der Waals surface area (Å²) in [5.74, 6) is 0.0861. The van der Waals surface area contributed by atoms with Crippen LogP contribution in [-0.2, 0) is 4.79 Å². The highest BCUT2D eigenvalue weighted by molar-refractivity contribution is 8.00. The van der Waals surface area contributed by atoms with E-state index in [1.165, 1.54) is 31.1 Å². The predicted octanol–water partition coefficient (Wildman–Crippen LogP) is 1.42. The number of hydrogen-bond acceptors (Lipinski definition) is 5. The fourth-order valence-electron chi connectivity index (χ4n) is 0.676. The molecule has 0 radical (unpaired) electrons. The Hall–Kier alpha value is -1.41.